The van der Waals surface area contributed by atoms with Crippen molar-refractivity contribution in [2.45, 2.75) is 20.4 Å². The molecule has 0 radical (unpaired) electrons. The van der Waals surface area contributed by atoms with E-state index in [1.165, 1.54) is 0 Å². The minimum absolute atomic E-state index is 0.232. The topological polar surface area (TPSA) is 77.4 Å². The van der Waals surface area contributed by atoms with Gasteiger partial charge in [-0.15, -0.1) is 0 Å². The highest BCUT2D eigenvalue weighted by Crippen LogP contribution is 2.32. The van der Waals surface area contributed by atoms with Gasteiger partial charge in [0, 0.05) is 12.2 Å². The Morgan fingerprint density at radius 2 is 1.93 bits per heavy atom. The molecular weight excluding hydrogens is 344 g/mol. The van der Waals surface area contributed by atoms with Gasteiger partial charge in [-0.2, -0.15) is 5.10 Å². The second-order valence-electron chi connectivity index (χ2n) is 6.35. The Bertz CT molecular complexity index is 997. The molecular formula is C20H20N4O3. The van der Waals surface area contributed by atoms with Crippen molar-refractivity contribution in [2.75, 3.05) is 12.1 Å². The standard InChI is InChI=1S/C20H20N4O3/c1-13-9-14(2)24(23-13)17-6-4-3-5-16(17)22-20(25)21-11-15-7-8-18-19(10-15)27-12-26-18/h3-10H,11-12H2,1-2H3,(H2,21,22,25). The molecule has 0 saturated carbocycles. The van der Waals surface area contributed by atoms with Crippen molar-refractivity contribution in [1.82, 2.24) is 15.1 Å². The molecule has 2 heterocycles. The lowest BCUT2D eigenvalue weighted by atomic mass is 10.2. The van der Waals surface area contributed by atoms with Crippen LogP contribution in [0.25, 0.3) is 5.69 Å². The smallest absolute Gasteiger partial charge is 0.319 e. The number of fused-ring (bicyclic) bond motifs is 1. The third-order valence-corrected chi connectivity index (χ3v) is 4.28. The summed E-state index contributed by atoms with van der Waals surface area (Å²) in [6, 6.07) is 14.9. The number of aryl methyl sites for hydroxylation is 2. The molecule has 1 aliphatic heterocycles. The SMILES string of the molecule is Cc1cc(C)n(-c2ccccc2NC(=O)NCc2ccc3c(c2)OCO3)n1. The number of ether oxygens (including phenoxy) is 2. The van der Waals surface area contributed by atoms with E-state index in [-0.39, 0.29) is 12.8 Å². The van der Waals surface area contributed by atoms with Gasteiger partial charge in [-0.3, -0.25) is 0 Å². The summed E-state index contributed by atoms with van der Waals surface area (Å²) in [5.41, 5.74) is 4.37. The number of nitrogens with zero attached hydrogens (tertiary/aromatic N) is 2. The van der Waals surface area contributed by atoms with E-state index in [9.17, 15) is 4.79 Å². The van der Waals surface area contributed by atoms with Crippen LogP contribution in [0.4, 0.5) is 10.5 Å². The first-order chi connectivity index (χ1) is 13.1. The third kappa shape index (κ3) is 3.57. The van der Waals surface area contributed by atoms with Crippen LogP contribution < -0.4 is 20.1 Å². The first kappa shape index (κ1) is 17.0. The Morgan fingerprint density at radius 1 is 1.11 bits per heavy atom. The van der Waals surface area contributed by atoms with Gasteiger partial charge in [-0.05, 0) is 49.7 Å². The maximum Gasteiger partial charge on any atom is 0.319 e. The van der Waals surface area contributed by atoms with Gasteiger partial charge >= 0.3 is 6.03 Å². The summed E-state index contributed by atoms with van der Waals surface area (Å²) in [5, 5.41) is 10.3. The van der Waals surface area contributed by atoms with Crippen LogP contribution >= 0.6 is 0 Å². The maximum atomic E-state index is 12.4. The molecule has 7 heteroatoms. The van der Waals surface area contributed by atoms with Crippen molar-refractivity contribution in [1.29, 1.82) is 0 Å². The number of carbonyl (C=O) groups excluding carboxylic acids is 1. The molecule has 0 spiro atoms. The summed E-state index contributed by atoms with van der Waals surface area (Å²) >= 11 is 0. The van der Waals surface area contributed by atoms with E-state index < -0.39 is 0 Å². The molecule has 138 valence electrons. The van der Waals surface area contributed by atoms with Crippen LogP contribution in [0.15, 0.2) is 48.5 Å². The maximum absolute atomic E-state index is 12.4. The van der Waals surface area contributed by atoms with Crippen molar-refractivity contribution in [3.63, 3.8) is 0 Å². The molecule has 0 fully saturated rings. The van der Waals surface area contributed by atoms with Crippen molar-refractivity contribution < 1.29 is 14.3 Å². The fourth-order valence-corrected chi connectivity index (χ4v) is 3.04. The van der Waals surface area contributed by atoms with Gasteiger partial charge in [0.05, 0.1) is 17.1 Å². The van der Waals surface area contributed by atoms with Gasteiger partial charge in [0.2, 0.25) is 6.79 Å². The number of urea groups is 1. The van der Waals surface area contributed by atoms with E-state index in [1.54, 1.807) is 0 Å². The summed E-state index contributed by atoms with van der Waals surface area (Å²) in [4.78, 5) is 12.4. The van der Waals surface area contributed by atoms with Gasteiger partial charge in [-0.25, -0.2) is 9.48 Å². The predicted molar refractivity (Wildman–Crippen MR) is 101 cm³/mol. The molecule has 0 atom stereocenters. The van der Waals surface area contributed by atoms with Gasteiger partial charge < -0.3 is 20.1 Å². The predicted octanol–water partition coefficient (Wildman–Crippen LogP) is 3.54. The summed E-state index contributed by atoms with van der Waals surface area (Å²) < 4.78 is 12.5. The Morgan fingerprint density at radius 3 is 2.74 bits per heavy atom. The number of amides is 2. The molecule has 0 aliphatic carbocycles. The zero-order chi connectivity index (χ0) is 18.8. The monoisotopic (exact) mass is 364 g/mol. The number of anilines is 1. The largest absolute Gasteiger partial charge is 0.454 e. The number of benzene rings is 2. The number of para-hydroxylation sites is 2. The number of carbonyl (C=O) groups is 1. The van der Waals surface area contributed by atoms with Crippen molar-refractivity contribution >= 4 is 11.7 Å². The number of nitrogens with one attached hydrogen (secondary N) is 2. The minimum atomic E-state index is -0.290. The molecule has 1 aromatic heterocycles. The van der Waals surface area contributed by atoms with Crippen LogP contribution in [0, 0.1) is 13.8 Å². The first-order valence-electron chi connectivity index (χ1n) is 8.66. The highest BCUT2D eigenvalue weighted by atomic mass is 16.7. The molecule has 1 aliphatic rings. The third-order valence-electron chi connectivity index (χ3n) is 4.28. The zero-order valence-electron chi connectivity index (χ0n) is 15.2. The molecule has 2 N–H and O–H groups in total. The molecule has 27 heavy (non-hydrogen) atoms. The van der Waals surface area contributed by atoms with E-state index in [0.29, 0.717) is 18.0 Å². The Hall–Kier alpha value is -3.48. The average molecular weight is 364 g/mol. The van der Waals surface area contributed by atoms with Crippen molar-refractivity contribution in [2.24, 2.45) is 0 Å². The lowest BCUT2D eigenvalue weighted by molar-refractivity contribution is 0.174. The fourth-order valence-electron chi connectivity index (χ4n) is 3.04. The molecule has 3 aromatic rings. The second-order valence-corrected chi connectivity index (χ2v) is 6.35. The number of hydrogen-bond donors (Lipinski definition) is 2. The second kappa shape index (κ2) is 7.03. The Balaban J connectivity index is 1.45. The van der Waals surface area contributed by atoms with Crippen molar-refractivity contribution in [3.8, 4) is 17.2 Å². The lowest BCUT2D eigenvalue weighted by Crippen LogP contribution is -2.28. The van der Waals surface area contributed by atoms with E-state index >= 15 is 0 Å². The van der Waals surface area contributed by atoms with Gasteiger partial charge in [0.1, 0.15) is 0 Å². The van der Waals surface area contributed by atoms with Crippen LogP contribution in [-0.2, 0) is 6.54 Å². The molecule has 7 nitrogen and oxygen atoms in total. The molecule has 2 aromatic carbocycles. The van der Waals surface area contributed by atoms with E-state index in [1.807, 2.05) is 67.1 Å². The van der Waals surface area contributed by atoms with E-state index in [0.717, 1.165) is 28.4 Å². The van der Waals surface area contributed by atoms with E-state index in [4.69, 9.17) is 9.47 Å². The molecule has 0 bridgehead atoms. The first-order valence-corrected chi connectivity index (χ1v) is 8.66. The molecule has 4 rings (SSSR count). The highest BCUT2D eigenvalue weighted by Gasteiger charge is 2.14. The summed E-state index contributed by atoms with van der Waals surface area (Å²) in [6.45, 7) is 4.54. The minimum Gasteiger partial charge on any atom is -0.454 e. The normalized spacial score (nSPS) is 12.1. The number of rotatable bonds is 4. The number of hydrogen-bond acceptors (Lipinski definition) is 4. The van der Waals surface area contributed by atoms with Crippen LogP contribution in [-0.4, -0.2) is 22.6 Å². The van der Waals surface area contributed by atoms with E-state index in [2.05, 4.69) is 15.7 Å². The molecule has 2 amide bonds. The average Bonchev–Trinajstić information content (AvgIpc) is 3.25. The summed E-state index contributed by atoms with van der Waals surface area (Å²) in [6.07, 6.45) is 0. The Kier molecular flexibility index (Phi) is 4.42. The van der Waals surface area contributed by atoms with Crippen LogP contribution in [0.5, 0.6) is 11.5 Å². The molecule has 0 saturated heterocycles. The van der Waals surface area contributed by atoms with Gasteiger partial charge in [0.25, 0.3) is 0 Å². The highest BCUT2D eigenvalue weighted by molar-refractivity contribution is 5.91. The quantitative estimate of drug-likeness (QED) is 0.742. The van der Waals surface area contributed by atoms with Gasteiger partial charge in [-0.1, -0.05) is 18.2 Å². The molecule has 0 unspecified atom stereocenters. The zero-order valence-corrected chi connectivity index (χ0v) is 15.2. The summed E-state index contributed by atoms with van der Waals surface area (Å²) in [5.74, 6) is 1.42. The lowest BCUT2D eigenvalue weighted by Gasteiger charge is -2.13. The number of aromatic nitrogens is 2. The Labute approximate surface area is 156 Å². The summed E-state index contributed by atoms with van der Waals surface area (Å²) in [7, 11) is 0. The van der Waals surface area contributed by atoms with Gasteiger partial charge in [0.15, 0.2) is 11.5 Å². The van der Waals surface area contributed by atoms with Crippen LogP contribution in [0.2, 0.25) is 0 Å². The van der Waals surface area contributed by atoms with Crippen LogP contribution in [0.1, 0.15) is 17.0 Å². The van der Waals surface area contributed by atoms with Crippen molar-refractivity contribution in [3.05, 3.63) is 65.5 Å². The van der Waals surface area contributed by atoms with Crippen LogP contribution in [0.3, 0.4) is 0 Å². The fraction of sp³-hybridized carbons (Fsp3) is 0.200.